The van der Waals surface area contributed by atoms with E-state index in [1.807, 2.05) is 13.0 Å². The highest BCUT2D eigenvalue weighted by Crippen LogP contribution is 2.28. The van der Waals surface area contributed by atoms with Gasteiger partial charge < -0.3 is 10.1 Å². The Morgan fingerprint density at radius 3 is 2.68 bits per heavy atom. The van der Waals surface area contributed by atoms with E-state index in [0.717, 1.165) is 32.2 Å². The van der Waals surface area contributed by atoms with Crippen molar-refractivity contribution in [1.29, 1.82) is 0 Å². The molecule has 0 fully saturated rings. The van der Waals surface area contributed by atoms with E-state index in [0.29, 0.717) is 17.9 Å². The van der Waals surface area contributed by atoms with E-state index < -0.39 is 0 Å². The smallest absolute Gasteiger partial charge is 0.131 e. The third-order valence-corrected chi connectivity index (χ3v) is 3.15. The van der Waals surface area contributed by atoms with Crippen LogP contribution in [0.4, 0.5) is 4.39 Å². The molecule has 0 amide bonds. The molecule has 1 rings (SSSR count). The molecule has 2 nitrogen and oxygen atoms in total. The van der Waals surface area contributed by atoms with Crippen molar-refractivity contribution >= 4 is 0 Å². The maximum absolute atomic E-state index is 14.0. The molecule has 0 bridgehead atoms. The van der Waals surface area contributed by atoms with Gasteiger partial charge in [-0.1, -0.05) is 32.8 Å². The molecule has 1 N–H and O–H groups in total. The first-order chi connectivity index (χ1) is 9.20. The minimum Gasteiger partial charge on any atom is -0.493 e. The van der Waals surface area contributed by atoms with Gasteiger partial charge in [-0.3, -0.25) is 0 Å². The minimum absolute atomic E-state index is 0.0256. The fourth-order valence-electron chi connectivity index (χ4n) is 2.06. The zero-order chi connectivity index (χ0) is 14.1. The first-order valence-electron chi connectivity index (χ1n) is 7.35. The van der Waals surface area contributed by atoms with Crippen LogP contribution in [0.25, 0.3) is 0 Å². The molecule has 0 aliphatic rings. The predicted molar refractivity (Wildman–Crippen MR) is 78.1 cm³/mol. The highest BCUT2D eigenvalue weighted by Gasteiger charge is 2.16. The monoisotopic (exact) mass is 267 g/mol. The van der Waals surface area contributed by atoms with Gasteiger partial charge in [-0.15, -0.1) is 0 Å². The van der Waals surface area contributed by atoms with E-state index in [9.17, 15) is 4.39 Å². The number of hydrogen-bond acceptors (Lipinski definition) is 2. The predicted octanol–water partition coefficient (Wildman–Crippen LogP) is 4.46. The summed E-state index contributed by atoms with van der Waals surface area (Å²) in [5.41, 5.74) is 0.646. The van der Waals surface area contributed by atoms with Crippen LogP contribution in [0.1, 0.15) is 58.1 Å². The Labute approximate surface area is 116 Å². The number of rotatable bonds is 9. The van der Waals surface area contributed by atoms with E-state index in [1.165, 1.54) is 6.07 Å². The maximum atomic E-state index is 14.0. The average Bonchev–Trinajstić information content (AvgIpc) is 2.41. The number of nitrogens with one attached hydrogen (secondary N) is 1. The minimum atomic E-state index is -0.191. The molecule has 108 valence electrons. The lowest BCUT2D eigenvalue weighted by Gasteiger charge is -2.19. The highest BCUT2D eigenvalue weighted by molar-refractivity contribution is 5.37. The summed E-state index contributed by atoms with van der Waals surface area (Å²) in [6.07, 6.45) is 4.36. The number of halogens is 1. The lowest BCUT2D eigenvalue weighted by molar-refractivity contribution is 0.297. The number of unbranched alkanes of at least 4 members (excludes halogenated alkanes) is 2. The molecule has 0 aliphatic carbocycles. The van der Waals surface area contributed by atoms with Gasteiger partial charge in [0.15, 0.2) is 0 Å². The van der Waals surface area contributed by atoms with E-state index in [1.54, 1.807) is 6.07 Å². The van der Waals surface area contributed by atoms with Gasteiger partial charge in [0.25, 0.3) is 0 Å². The summed E-state index contributed by atoms with van der Waals surface area (Å²) in [7, 11) is 0. The van der Waals surface area contributed by atoms with E-state index in [2.05, 4.69) is 19.2 Å². The lowest BCUT2D eigenvalue weighted by Crippen LogP contribution is -2.21. The molecule has 1 atom stereocenters. The molecule has 0 radical (unpaired) electrons. The molecule has 1 unspecified atom stereocenters. The van der Waals surface area contributed by atoms with Crippen LogP contribution in [0.5, 0.6) is 5.75 Å². The number of ether oxygens (including phenoxy) is 1. The topological polar surface area (TPSA) is 21.3 Å². The molecule has 0 spiro atoms. The van der Waals surface area contributed by atoms with Crippen molar-refractivity contribution in [3.05, 3.63) is 29.6 Å². The third-order valence-electron chi connectivity index (χ3n) is 3.15. The molecule has 0 saturated carbocycles. The molecular weight excluding hydrogens is 241 g/mol. The van der Waals surface area contributed by atoms with Crippen molar-refractivity contribution in [3.63, 3.8) is 0 Å². The molecule has 1 aromatic rings. The summed E-state index contributed by atoms with van der Waals surface area (Å²) in [6, 6.07) is 5.04. The lowest BCUT2D eigenvalue weighted by atomic mass is 10.1. The SMILES string of the molecule is CCCCCOc1cccc(F)c1C(C)NCCC. The van der Waals surface area contributed by atoms with Gasteiger partial charge in [0.1, 0.15) is 11.6 Å². The van der Waals surface area contributed by atoms with Gasteiger partial charge in [0.05, 0.1) is 6.61 Å². The van der Waals surface area contributed by atoms with Gasteiger partial charge in [0, 0.05) is 11.6 Å². The van der Waals surface area contributed by atoms with Crippen molar-refractivity contribution in [2.75, 3.05) is 13.2 Å². The molecule has 0 aromatic heterocycles. The van der Waals surface area contributed by atoms with Crippen LogP contribution in [0.3, 0.4) is 0 Å². The van der Waals surface area contributed by atoms with Gasteiger partial charge in [-0.25, -0.2) is 4.39 Å². The maximum Gasteiger partial charge on any atom is 0.131 e. The normalized spacial score (nSPS) is 12.4. The van der Waals surface area contributed by atoms with Gasteiger partial charge >= 0.3 is 0 Å². The van der Waals surface area contributed by atoms with Crippen LogP contribution in [-0.4, -0.2) is 13.2 Å². The second-order valence-electron chi connectivity index (χ2n) is 4.88. The Kier molecular flexibility index (Phi) is 7.49. The van der Waals surface area contributed by atoms with E-state index in [-0.39, 0.29) is 11.9 Å². The molecule has 0 aliphatic heterocycles. The van der Waals surface area contributed by atoms with Crippen molar-refractivity contribution in [3.8, 4) is 5.75 Å². The Hall–Kier alpha value is -1.09. The van der Waals surface area contributed by atoms with Crippen LogP contribution >= 0.6 is 0 Å². The second kappa shape index (κ2) is 8.92. The van der Waals surface area contributed by atoms with Gasteiger partial charge in [-0.05, 0) is 38.4 Å². The summed E-state index contributed by atoms with van der Waals surface area (Å²) in [5, 5.41) is 3.31. The summed E-state index contributed by atoms with van der Waals surface area (Å²) in [6.45, 7) is 7.77. The van der Waals surface area contributed by atoms with Gasteiger partial charge in [0.2, 0.25) is 0 Å². The third kappa shape index (κ3) is 5.19. The summed E-state index contributed by atoms with van der Waals surface area (Å²) >= 11 is 0. The Morgan fingerprint density at radius 1 is 1.21 bits per heavy atom. The molecular formula is C16H26FNO. The molecule has 0 saturated heterocycles. The number of benzene rings is 1. The molecule has 19 heavy (non-hydrogen) atoms. The van der Waals surface area contributed by atoms with Crippen LogP contribution < -0.4 is 10.1 Å². The Morgan fingerprint density at radius 2 is 2.00 bits per heavy atom. The van der Waals surface area contributed by atoms with Crippen molar-refractivity contribution in [1.82, 2.24) is 5.32 Å². The number of hydrogen-bond donors (Lipinski definition) is 1. The van der Waals surface area contributed by atoms with E-state index >= 15 is 0 Å². The Balaban J connectivity index is 2.71. The summed E-state index contributed by atoms with van der Waals surface area (Å²) < 4.78 is 19.7. The van der Waals surface area contributed by atoms with Crippen molar-refractivity contribution < 1.29 is 9.13 Å². The van der Waals surface area contributed by atoms with Gasteiger partial charge in [-0.2, -0.15) is 0 Å². The van der Waals surface area contributed by atoms with Crippen LogP contribution in [0.15, 0.2) is 18.2 Å². The Bertz CT molecular complexity index is 368. The average molecular weight is 267 g/mol. The molecule has 3 heteroatoms. The standard InChI is InChI=1S/C16H26FNO/c1-4-6-7-12-19-15-10-8-9-14(17)16(15)13(3)18-11-5-2/h8-10,13,18H,4-7,11-12H2,1-3H3. The van der Waals surface area contributed by atoms with Crippen LogP contribution in [0.2, 0.25) is 0 Å². The molecule has 1 aromatic carbocycles. The van der Waals surface area contributed by atoms with E-state index in [4.69, 9.17) is 4.74 Å². The second-order valence-corrected chi connectivity index (χ2v) is 4.88. The van der Waals surface area contributed by atoms with Crippen molar-refractivity contribution in [2.45, 2.75) is 52.5 Å². The first-order valence-corrected chi connectivity index (χ1v) is 7.35. The van der Waals surface area contributed by atoms with Crippen molar-refractivity contribution in [2.24, 2.45) is 0 Å². The van der Waals surface area contributed by atoms with Crippen LogP contribution in [-0.2, 0) is 0 Å². The largest absolute Gasteiger partial charge is 0.493 e. The summed E-state index contributed by atoms with van der Waals surface area (Å²) in [4.78, 5) is 0. The fourth-order valence-corrected chi connectivity index (χ4v) is 2.06. The zero-order valence-corrected chi connectivity index (χ0v) is 12.3. The van der Waals surface area contributed by atoms with Crippen LogP contribution in [0, 0.1) is 5.82 Å². The highest BCUT2D eigenvalue weighted by atomic mass is 19.1. The quantitative estimate of drug-likeness (QED) is 0.667. The zero-order valence-electron chi connectivity index (χ0n) is 12.3. The summed E-state index contributed by atoms with van der Waals surface area (Å²) in [5.74, 6) is 0.483. The first kappa shape index (κ1) is 16.0. The molecule has 0 heterocycles. The fraction of sp³-hybridized carbons (Fsp3) is 0.625.